The van der Waals surface area contributed by atoms with Crippen molar-refractivity contribution in [3.05, 3.63) is 46.6 Å². The highest BCUT2D eigenvalue weighted by molar-refractivity contribution is 7.81. The predicted octanol–water partition coefficient (Wildman–Crippen LogP) is 3.16. The highest BCUT2D eigenvalue weighted by Crippen LogP contribution is 2.34. The van der Waals surface area contributed by atoms with Crippen LogP contribution in [0.4, 0.5) is 5.69 Å². The molecule has 0 radical (unpaired) electrons. The van der Waals surface area contributed by atoms with E-state index in [0.29, 0.717) is 5.69 Å². The van der Waals surface area contributed by atoms with Crippen LogP contribution in [0.15, 0.2) is 36.5 Å². The zero-order chi connectivity index (χ0) is 13.8. The van der Waals surface area contributed by atoms with Gasteiger partial charge in [0.1, 0.15) is 0 Å². The van der Waals surface area contributed by atoms with Gasteiger partial charge in [0.25, 0.3) is 0 Å². The quantitative estimate of drug-likeness (QED) is 0.849. The Balaban J connectivity index is 2.07. The molecule has 5 nitrogen and oxygen atoms in total. The average molecular weight is 319 g/mol. The molecule has 0 aliphatic rings. The summed E-state index contributed by atoms with van der Waals surface area (Å²) >= 11 is 9.62. The van der Waals surface area contributed by atoms with E-state index in [1.54, 1.807) is 18.2 Å². The smallest absolute Gasteiger partial charge is 0.317 e. The lowest BCUT2D eigenvalue weighted by Crippen LogP contribution is -2.11. The third-order valence-corrected chi connectivity index (χ3v) is 3.32. The normalized spacial score (nSPS) is 11.9. The number of aromatic nitrogens is 1. The molecule has 0 bridgehead atoms. The number of pyridine rings is 1. The topological polar surface area (TPSA) is 71.5 Å². The summed E-state index contributed by atoms with van der Waals surface area (Å²) in [6, 6.07) is 7.73. The maximum Gasteiger partial charge on any atom is 0.317 e. The molecule has 1 aromatic carbocycles. The summed E-state index contributed by atoms with van der Waals surface area (Å²) in [6.07, 6.45) is 1.51. The van der Waals surface area contributed by atoms with Gasteiger partial charge in [-0.2, -0.15) is 4.21 Å². The lowest BCUT2D eigenvalue weighted by atomic mass is 10.3. The van der Waals surface area contributed by atoms with Crippen molar-refractivity contribution in [2.45, 2.75) is 0 Å². The van der Waals surface area contributed by atoms with Gasteiger partial charge in [-0.1, -0.05) is 29.3 Å². The number of anilines is 1. The Morgan fingerprint density at radius 2 is 1.95 bits per heavy atom. The molecule has 1 unspecified atom stereocenters. The Morgan fingerprint density at radius 3 is 2.53 bits per heavy atom. The highest BCUT2D eigenvalue weighted by Gasteiger charge is 2.09. The number of halogens is 2. The average Bonchev–Trinajstić information content (AvgIpc) is 2.37. The van der Waals surface area contributed by atoms with Crippen LogP contribution in [0.5, 0.6) is 11.6 Å². The van der Waals surface area contributed by atoms with E-state index < -0.39 is 11.3 Å². The van der Waals surface area contributed by atoms with E-state index in [1.807, 2.05) is 0 Å². The summed E-state index contributed by atoms with van der Waals surface area (Å²) < 4.78 is 19.2. The fraction of sp³-hybridized carbons (Fsp3) is 0. The molecule has 1 heterocycles. The van der Waals surface area contributed by atoms with E-state index in [9.17, 15) is 9.32 Å². The number of phenols is 1. The van der Waals surface area contributed by atoms with Crippen LogP contribution >= 0.6 is 23.2 Å². The Kier molecular flexibility index (Phi) is 4.47. The van der Waals surface area contributed by atoms with Crippen LogP contribution in [0.25, 0.3) is 0 Å². The van der Waals surface area contributed by atoms with E-state index in [-0.39, 0.29) is 21.7 Å². The van der Waals surface area contributed by atoms with Gasteiger partial charge in [0.05, 0.1) is 15.7 Å². The van der Waals surface area contributed by atoms with Crippen molar-refractivity contribution in [2.24, 2.45) is 0 Å². The second kappa shape index (κ2) is 6.10. The fourth-order valence-electron chi connectivity index (χ4n) is 1.22. The number of phenolic OH excluding ortho intramolecular Hbond substituents is 1. The second-order valence-electron chi connectivity index (χ2n) is 3.38. The number of nitrogens with zero attached hydrogens (tertiary/aromatic N) is 1. The lowest BCUT2D eigenvalue weighted by Gasteiger charge is -2.08. The molecule has 0 saturated heterocycles. The molecule has 0 fully saturated rings. The van der Waals surface area contributed by atoms with Crippen molar-refractivity contribution in [1.82, 2.24) is 4.98 Å². The van der Waals surface area contributed by atoms with Gasteiger partial charge in [0.15, 0.2) is 5.75 Å². The zero-order valence-corrected chi connectivity index (χ0v) is 11.7. The summed E-state index contributed by atoms with van der Waals surface area (Å²) in [5.74, 6) is -0.0189. The third-order valence-electron chi connectivity index (χ3n) is 2.02. The van der Waals surface area contributed by atoms with Crippen molar-refractivity contribution < 1.29 is 13.5 Å². The van der Waals surface area contributed by atoms with E-state index in [4.69, 9.17) is 27.4 Å². The molecule has 8 heteroatoms. The van der Waals surface area contributed by atoms with Crippen molar-refractivity contribution in [2.75, 3.05) is 4.72 Å². The van der Waals surface area contributed by atoms with Crippen molar-refractivity contribution in [3.63, 3.8) is 0 Å². The maximum atomic E-state index is 11.7. The molecule has 2 rings (SSSR count). The number of aromatic hydroxyl groups is 1. The van der Waals surface area contributed by atoms with E-state index in [2.05, 4.69) is 9.71 Å². The Labute approximate surface area is 121 Å². The highest BCUT2D eigenvalue weighted by atomic mass is 35.5. The van der Waals surface area contributed by atoms with Gasteiger partial charge < -0.3 is 9.29 Å². The molecule has 0 amide bonds. The summed E-state index contributed by atoms with van der Waals surface area (Å²) in [4.78, 5) is 3.86. The SMILES string of the molecule is O=S(Nc1cc(Cl)c(O)c(Cl)c1)Oc1ccccn1. The van der Waals surface area contributed by atoms with Gasteiger partial charge in [-0.3, -0.25) is 4.72 Å². The van der Waals surface area contributed by atoms with Crippen molar-refractivity contribution >= 4 is 40.2 Å². The fourth-order valence-corrected chi connectivity index (χ4v) is 2.31. The molecule has 1 aromatic heterocycles. The molecule has 0 spiro atoms. The van der Waals surface area contributed by atoms with Gasteiger partial charge in [0.2, 0.25) is 5.88 Å². The van der Waals surface area contributed by atoms with Crippen molar-refractivity contribution in [1.29, 1.82) is 0 Å². The minimum atomic E-state index is -1.86. The number of rotatable bonds is 4. The lowest BCUT2D eigenvalue weighted by molar-refractivity contribution is 0.476. The molecule has 2 N–H and O–H groups in total. The largest absolute Gasteiger partial charge is 0.505 e. The van der Waals surface area contributed by atoms with Crippen LogP contribution in [-0.2, 0) is 11.3 Å². The molecule has 0 aliphatic heterocycles. The van der Waals surface area contributed by atoms with Gasteiger partial charge in [-0.05, 0) is 18.2 Å². The van der Waals surface area contributed by atoms with Crippen LogP contribution in [0.2, 0.25) is 10.0 Å². The summed E-state index contributed by atoms with van der Waals surface area (Å²) in [5.41, 5.74) is 0.349. The van der Waals surface area contributed by atoms with Crippen LogP contribution < -0.4 is 8.91 Å². The number of benzene rings is 1. The number of nitrogens with one attached hydrogen (secondary N) is 1. The first kappa shape index (κ1) is 13.9. The van der Waals surface area contributed by atoms with Crippen molar-refractivity contribution in [3.8, 4) is 11.6 Å². The summed E-state index contributed by atoms with van der Waals surface area (Å²) in [5, 5.41) is 9.48. The molecule has 1 atom stereocenters. The maximum absolute atomic E-state index is 11.7. The minimum absolute atomic E-state index is 0.0461. The minimum Gasteiger partial charge on any atom is -0.505 e. The first-order chi connectivity index (χ1) is 9.06. The first-order valence-electron chi connectivity index (χ1n) is 5.02. The molecule has 100 valence electrons. The van der Waals surface area contributed by atoms with Gasteiger partial charge in [-0.25, -0.2) is 4.98 Å². The van der Waals surface area contributed by atoms with E-state index in [1.165, 1.54) is 18.3 Å². The molecule has 0 saturated carbocycles. The molecule has 0 aliphatic carbocycles. The van der Waals surface area contributed by atoms with Gasteiger partial charge >= 0.3 is 11.3 Å². The Hall–Kier alpha value is -1.50. The Bertz CT molecular complexity index is 587. The predicted molar refractivity (Wildman–Crippen MR) is 74.8 cm³/mol. The zero-order valence-electron chi connectivity index (χ0n) is 9.34. The van der Waals surface area contributed by atoms with Gasteiger partial charge in [-0.15, -0.1) is 0 Å². The third kappa shape index (κ3) is 3.73. The van der Waals surface area contributed by atoms with E-state index >= 15 is 0 Å². The molecular formula is C11H8Cl2N2O3S. The summed E-state index contributed by atoms with van der Waals surface area (Å²) in [6.45, 7) is 0. The molecule has 19 heavy (non-hydrogen) atoms. The van der Waals surface area contributed by atoms with Crippen LogP contribution in [-0.4, -0.2) is 14.3 Å². The van der Waals surface area contributed by atoms with Crippen LogP contribution in [0.1, 0.15) is 0 Å². The molecule has 2 aromatic rings. The van der Waals surface area contributed by atoms with Crippen LogP contribution in [0, 0.1) is 0 Å². The molecular weight excluding hydrogens is 311 g/mol. The first-order valence-corrected chi connectivity index (χ1v) is 6.85. The second-order valence-corrected chi connectivity index (χ2v) is 5.03. The van der Waals surface area contributed by atoms with E-state index in [0.717, 1.165) is 0 Å². The number of hydrogen-bond donors (Lipinski definition) is 2. The monoisotopic (exact) mass is 318 g/mol. The van der Waals surface area contributed by atoms with Crippen LogP contribution in [0.3, 0.4) is 0 Å². The Morgan fingerprint density at radius 1 is 1.26 bits per heavy atom. The number of hydrogen-bond acceptors (Lipinski definition) is 4. The standard InChI is InChI=1S/C11H8Cl2N2O3S/c12-8-5-7(6-9(13)11(8)16)15-19(17)18-10-3-1-2-4-14-10/h1-6,15-16H. The van der Waals surface area contributed by atoms with Gasteiger partial charge in [0, 0.05) is 12.3 Å². The summed E-state index contributed by atoms with van der Waals surface area (Å²) in [7, 11) is 0.